The molecular formula is C13H20N2OS. The Morgan fingerprint density at radius 1 is 1.59 bits per heavy atom. The lowest BCUT2D eigenvalue weighted by Gasteiger charge is -2.32. The third kappa shape index (κ3) is 2.24. The van der Waals surface area contributed by atoms with E-state index in [0.717, 1.165) is 29.8 Å². The second-order valence-corrected chi connectivity index (χ2v) is 5.78. The van der Waals surface area contributed by atoms with Gasteiger partial charge in [0.25, 0.3) is 0 Å². The molecule has 0 unspecified atom stereocenters. The summed E-state index contributed by atoms with van der Waals surface area (Å²) in [6, 6.07) is 0.635. The van der Waals surface area contributed by atoms with E-state index in [9.17, 15) is 4.79 Å². The summed E-state index contributed by atoms with van der Waals surface area (Å²) in [5, 5.41) is 4.16. The molecular weight excluding hydrogens is 232 g/mol. The topological polar surface area (TPSA) is 32.3 Å². The van der Waals surface area contributed by atoms with E-state index in [-0.39, 0.29) is 0 Å². The molecule has 4 heteroatoms. The van der Waals surface area contributed by atoms with Gasteiger partial charge in [0.2, 0.25) is 0 Å². The van der Waals surface area contributed by atoms with Gasteiger partial charge >= 0.3 is 0 Å². The first kappa shape index (κ1) is 12.6. The molecule has 1 N–H and O–H groups in total. The molecule has 0 saturated heterocycles. The van der Waals surface area contributed by atoms with E-state index in [4.69, 9.17) is 0 Å². The summed E-state index contributed by atoms with van der Waals surface area (Å²) in [7, 11) is 4.05. The van der Waals surface area contributed by atoms with Gasteiger partial charge in [-0.2, -0.15) is 0 Å². The number of anilines is 1. The van der Waals surface area contributed by atoms with E-state index in [2.05, 4.69) is 24.2 Å². The summed E-state index contributed by atoms with van der Waals surface area (Å²) in [5.41, 5.74) is 2.11. The maximum Gasteiger partial charge on any atom is 0.153 e. The number of thiophene rings is 1. The average Bonchev–Trinajstić information content (AvgIpc) is 2.66. The highest BCUT2D eigenvalue weighted by atomic mass is 32.1. The van der Waals surface area contributed by atoms with E-state index < -0.39 is 0 Å². The minimum atomic E-state index is 0.635. The largest absolute Gasteiger partial charge is 0.379 e. The van der Waals surface area contributed by atoms with Gasteiger partial charge in [-0.1, -0.05) is 13.3 Å². The molecule has 0 bridgehead atoms. The van der Waals surface area contributed by atoms with Crippen LogP contribution in [0.3, 0.4) is 0 Å². The second kappa shape index (κ2) is 5.19. The first-order chi connectivity index (χ1) is 8.21. The van der Waals surface area contributed by atoms with E-state index >= 15 is 0 Å². The maximum atomic E-state index is 11.2. The number of likely N-dealkylation sites (N-methyl/N-ethyl adjacent to an activating group) is 1. The number of hydrogen-bond donors (Lipinski definition) is 1. The average molecular weight is 252 g/mol. The molecule has 0 radical (unpaired) electrons. The number of nitrogens with one attached hydrogen (secondary N) is 1. The number of rotatable bonds is 4. The van der Waals surface area contributed by atoms with E-state index in [1.165, 1.54) is 23.3 Å². The molecule has 0 amide bonds. The van der Waals surface area contributed by atoms with Crippen LogP contribution >= 0.6 is 11.3 Å². The molecule has 2 heterocycles. The third-order valence-corrected chi connectivity index (χ3v) is 4.84. The van der Waals surface area contributed by atoms with Crippen molar-refractivity contribution in [2.24, 2.45) is 0 Å². The molecule has 1 aromatic rings. The molecule has 1 aromatic heterocycles. The summed E-state index contributed by atoms with van der Waals surface area (Å²) < 4.78 is 0. The number of aldehydes is 1. The predicted molar refractivity (Wildman–Crippen MR) is 73.1 cm³/mol. The van der Waals surface area contributed by atoms with Gasteiger partial charge in [0.05, 0.1) is 10.6 Å². The van der Waals surface area contributed by atoms with Crippen LogP contribution in [0, 0.1) is 0 Å². The van der Waals surface area contributed by atoms with Crippen LogP contribution in [-0.4, -0.2) is 31.3 Å². The molecule has 0 saturated carbocycles. The second-order valence-electron chi connectivity index (χ2n) is 4.68. The molecule has 0 aliphatic carbocycles. The Labute approximate surface area is 107 Å². The van der Waals surface area contributed by atoms with E-state index in [1.807, 2.05) is 7.05 Å². The molecule has 0 aromatic carbocycles. The summed E-state index contributed by atoms with van der Waals surface area (Å²) in [6.45, 7) is 3.14. The van der Waals surface area contributed by atoms with Crippen LogP contribution in [0.5, 0.6) is 0 Å². The van der Waals surface area contributed by atoms with Crippen molar-refractivity contribution in [1.82, 2.24) is 4.90 Å². The Bertz CT molecular complexity index is 414. The van der Waals surface area contributed by atoms with Gasteiger partial charge in [0.15, 0.2) is 6.29 Å². The van der Waals surface area contributed by atoms with Crippen LogP contribution < -0.4 is 5.32 Å². The monoisotopic (exact) mass is 252 g/mol. The van der Waals surface area contributed by atoms with Crippen molar-refractivity contribution in [2.45, 2.75) is 38.8 Å². The van der Waals surface area contributed by atoms with Crippen LogP contribution in [0.15, 0.2) is 0 Å². The van der Waals surface area contributed by atoms with Gasteiger partial charge in [0, 0.05) is 24.5 Å². The number of carbonyl (C=O) groups is 1. The lowest BCUT2D eigenvalue weighted by atomic mass is 9.97. The number of hydrogen-bond acceptors (Lipinski definition) is 4. The van der Waals surface area contributed by atoms with Crippen molar-refractivity contribution < 1.29 is 4.79 Å². The highest BCUT2D eigenvalue weighted by Crippen LogP contribution is 2.37. The summed E-state index contributed by atoms with van der Waals surface area (Å²) in [5.74, 6) is 0. The lowest BCUT2D eigenvalue weighted by Crippen LogP contribution is -2.36. The number of nitrogens with zero attached hydrogens (tertiary/aromatic N) is 1. The third-order valence-electron chi connectivity index (χ3n) is 3.55. The Morgan fingerprint density at radius 3 is 2.94 bits per heavy atom. The quantitative estimate of drug-likeness (QED) is 0.836. The molecule has 0 fully saturated rings. The Morgan fingerprint density at radius 2 is 2.35 bits per heavy atom. The van der Waals surface area contributed by atoms with Crippen molar-refractivity contribution in [3.8, 4) is 0 Å². The van der Waals surface area contributed by atoms with E-state index in [0.29, 0.717) is 6.04 Å². The van der Waals surface area contributed by atoms with Gasteiger partial charge in [0.1, 0.15) is 0 Å². The van der Waals surface area contributed by atoms with Crippen molar-refractivity contribution in [3.63, 3.8) is 0 Å². The highest BCUT2D eigenvalue weighted by Gasteiger charge is 2.27. The van der Waals surface area contributed by atoms with E-state index in [1.54, 1.807) is 11.3 Å². The van der Waals surface area contributed by atoms with Crippen LogP contribution in [-0.2, 0) is 13.0 Å². The van der Waals surface area contributed by atoms with Crippen LogP contribution in [0.4, 0.5) is 5.00 Å². The van der Waals surface area contributed by atoms with Crippen molar-refractivity contribution in [2.75, 3.05) is 19.4 Å². The fourth-order valence-corrected chi connectivity index (χ4v) is 3.78. The molecule has 94 valence electrons. The van der Waals surface area contributed by atoms with Gasteiger partial charge < -0.3 is 5.32 Å². The summed E-state index contributed by atoms with van der Waals surface area (Å²) in [4.78, 5) is 15.0. The Balaban J connectivity index is 2.32. The molecule has 1 aliphatic rings. The van der Waals surface area contributed by atoms with Gasteiger partial charge in [-0.15, -0.1) is 11.3 Å². The Kier molecular flexibility index (Phi) is 3.84. The molecule has 1 atom stereocenters. The normalized spacial score (nSPS) is 20.1. The predicted octanol–water partition coefficient (Wildman–Crippen LogP) is 2.76. The first-order valence-electron chi connectivity index (χ1n) is 6.18. The van der Waals surface area contributed by atoms with Gasteiger partial charge in [-0.25, -0.2) is 0 Å². The first-order valence-corrected chi connectivity index (χ1v) is 7.00. The minimum Gasteiger partial charge on any atom is -0.379 e. The molecule has 17 heavy (non-hydrogen) atoms. The zero-order valence-electron chi connectivity index (χ0n) is 10.7. The minimum absolute atomic E-state index is 0.635. The van der Waals surface area contributed by atoms with Crippen LogP contribution in [0.25, 0.3) is 0 Å². The zero-order valence-corrected chi connectivity index (χ0v) is 11.6. The smallest absolute Gasteiger partial charge is 0.153 e. The van der Waals surface area contributed by atoms with Crippen molar-refractivity contribution in [1.29, 1.82) is 0 Å². The highest BCUT2D eigenvalue weighted by molar-refractivity contribution is 7.16. The molecule has 2 rings (SSSR count). The Hall–Kier alpha value is -0.870. The van der Waals surface area contributed by atoms with Crippen LogP contribution in [0.2, 0.25) is 0 Å². The number of fused-ring (bicyclic) bond motifs is 1. The van der Waals surface area contributed by atoms with Crippen molar-refractivity contribution >= 4 is 22.6 Å². The molecule has 0 spiro atoms. The summed E-state index contributed by atoms with van der Waals surface area (Å²) in [6.07, 6.45) is 4.54. The van der Waals surface area contributed by atoms with Gasteiger partial charge in [-0.3, -0.25) is 9.69 Å². The van der Waals surface area contributed by atoms with Crippen molar-refractivity contribution in [3.05, 3.63) is 16.0 Å². The molecule has 3 nitrogen and oxygen atoms in total. The molecule has 1 aliphatic heterocycles. The SMILES string of the molecule is CCC[C@@H]1Cc2sc(NC)c(C=O)c2CN1C. The summed E-state index contributed by atoms with van der Waals surface area (Å²) >= 11 is 1.75. The standard InChI is InChI=1S/C13H20N2OS/c1-4-5-9-6-12-10(7-15(9)3)11(8-16)13(14-2)17-12/h8-9,14H,4-7H2,1-3H3/t9-/m1/s1. The van der Waals surface area contributed by atoms with Crippen LogP contribution in [0.1, 0.15) is 40.6 Å². The maximum absolute atomic E-state index is 11.2. The lowest BCUT2D eigenvalue weighted by molar-refractivity contribution is 0.112. The fourth-order valence-electron chi connectivity index (χ4n) is 2.58. The fraction of sp³-hybridized carbons (Fsp3) is 0.615. The van der Waals surface area contributed by atoms with Gasteiger partial charge in [-0.05, 0) is 25.5 Å². The number of carbonyl (C=O) groups excluding carboxylic acids is 1. The zero-order chi connectivity index (χ0) is 12.4.